The van der Waals surface area contributed by atoms with Crippen molar-refractivity contribution >= 4 is 17.8 Å². The molecule has 0 saturated carbocycles. The highest BCUT2D eigenvalue weighted by molar-refractivity contribution is 6.15. The summed E-state index contributed by atoms with van der Waals surface area (Å²) in [6.07, 6.45) is 0.825. The van der Waals surface area contributed by atoms with Gasteiger partial charge in [0.2, 0.25) is 5.78 Å². The summed E-state index contributed by atoms with van der Waals surface area (Å²) in [5, 5.41) is 0. The van der Waals surface area contributed by atoms with Crippen LogP contribution in [0.5, 0.6) is 23.0 Å². The monoisotopic (exact) mass is 398 g/mol. The first-order chi connectivity index (χ1) is 13.9. The maximum absolute atomic E-state index is 12.8. The molecule has 0 amide bonds. The second kappa shape index (κ2) is 8.26. The van der Waals surface area contributed by atoms with E-state index in [0.29, 0.717) is 39.7 Å². The Kier molecular flexibility index (Phi) is 5.77. The number of benzene rings is 2. The average Bonchev–Trinajstić information content (AvgIpc) is 3.05. The topological polar surface area (TPSA) is 80.3 Å². The molecule has 152 valence electrons. The number of para-hydroxylation sites is 1. The second-order valence-corrected chi connectivity index (χ2v) is 6.37. The van der Waals surface area contributed by atoms with Gasteiger partial charge in [0.15, 0.2) is 23.4 Å². The van der Waals surface area contributed by atoms with Crippen LogP contribution in [-0.2, 0) is 9.53 Å². The third-order valence-electron chi connectivity index (χ3n) is 4.59. The number of allylic oxidation sites excluding steroid dienone is 1. The highest BCUT2D eigenvalue weighted by Gasteiger charge is 2.31. The number of ether oxygens (including phenoxy) is 5. The van der Waals surface area contributed by atoms with Crippen molar-refractivity contribution in [2.24, 2.45) is 0 Å². The highest BCUT2D eigenvalue weighted by Crippen LogP contribution is 2.40. The first-order valence-electron chi connectivity index (χ1n) is 8.94. The molecule has 1 unspecified atom stereocenters. The van der Waals surface area contributed by atoms with Gasteiger partial charge in [0.1, 0.15) is 11.5 Å². The number of fused-ring (bicyclic) bond motifs is 1. The maximum Gasteiger partial charge on any atom is 0.346 e. The number of methoxy groups -OCH3 is 3. The molecular weight excluding hydrogens is 376 g/mol. The lowest BCUT2D eigenvalue weighted by atomic mass is 10.1. The number of Topliss-reactive ketones (excluding diaryl/α,β-unsaturated/α-hetero) is 1. The number of esters is 1. The van der Waals surface area contributed by atoms with Crippen LogP contribution in [0.3, 0.4) is 0 Å². The predicted octanol–water partition coefficient (Wildman–Crippen LogP) is 3.57. The molecular formula is C22H22O7. The summed E-state index contributed by atoms with van der Waals surface area (Å²) in [6.45, 7) is 3.35. The fraction of sp³-hybridized carbons (Fsp3) is 0.273. The molecule has 0 fully saturated rings. The highest BCUT2D eigenvalue weighted by atomic mass is 16.6. The summed E-state index contributed by atoms with van der Waals surface area (Å²) < 4.78 is 26.9. The fourth-order valence-corrected chi connectivity index (χ4v) is 3.07. The summed E-state index contributed by atoms with van der Waals surface area (Å²) in [5.41, 5.74) is 1.69. The SMILES string of the molecule is COC(=O)C(C)Oc1ccc2c(c1C)O/C(=C\c1cccc(OC)c1OC)C2=O. The Bertz CT molecular complexity index is 991. The minimum atomic E-state index is -0.787. The van der Waals surface area contributed by atoms with Gasteiger partial charge in [0.25, 0.3) is 0 Å². The molecule has 1 aliphatic heterocycles. The van der Waals surface area contributed by atoms with Crippen molar-refractivity contribution < 1.29 is 33.3 Å². The van der Waals surface area contributed by atoms with Crippen molar-refractivity contribution in [2.75, 3.05) is 21.3 Å². The predicted molar refractivity (Wildman–Crippen MR) is 106 cm³/mol. The molecule has 0 saturated heterocycles. The van der Waals surface area contributed by atoms with Crippen LogP contribution in [0.2, 0.25) is 0 Å². The zero-order valence-electron chi connectivity index (χ0n) is 16.9. The van der Waals surface area contributed by atoms with Crippen LogP contribution in [0.25, 0.3) is 6.08 Å². The first-order valence-corrected chi connectivity index (χ1v) is 8.94. The van der Waals surface area contributed by atoms with Crippen LogP contribution >= 0.6 is 0 Å². The lowest BCUT2D eigenvalue weighted by Gasteiger charge is -2.15. The number of carbonyl (C=O) groups excluding carboxylic acids is 2. The molecule has 0 N–H and O–H groups in total. The molecule has 0 aliphatic carbocycles. The Balaban J connectivity index is 1.95. The zero-order chi connectivity index (χ0) is 21.1. The van der Waals surface area contributed by atoms with Crippen LogP contribution in [0.4, 0.5) is 0 Å². The van der Waals surface area contributed by atoms with Gasteiger partial charge < -0.3 is 23.7 Å². The summed E-state index contributed by atoms with van der Waals surface area (Å²) in [5.74, 6) is 1.31. The lowest BCUT2D eigenvalue weighted by molar-refractivity contribution is -0.147. The Hall–Kier alpha value is -3.48. The number of hydrogen-bond acceptors (Lipinski definition) is 7. The normalized spacial score (nSPS) is 14.8. The number of carbonyl (C=O) groups is 2. The summed E-state index contributed by atoms with van der Waals surface area (Å²) in [7, 11) is 4.37. The van der Waals surface area contributed by atoms with Crippen molar-refractivity contribution in [1.29, 1.82) is 0 Å². The largest absolute Gasteiger partial charge is 0.493 e. The van der Waals surface area contributed by atoms with Crippen LogP contribution in [0.1, 0.15) is 28.4 Å². The van der Waals surface area contributed by atoms with Crippen molar-refractivity contribution in [2.45, 2.75) is 20.0 Å². The van der Waals surface area contributed by atoms with Gasteiger partial charge in [-0.15, -0.1) is 0 Å². The molecule has 0 aromatic heterocycles. The van der Waals surface area contributed by atoms with Crippen molar-refractivity contribution in [3.63, 3.8) is 0 Å². The van der Waals surface area contributed by atoms with Gasteiger partial charge >= 0.3 is 5.97 Å². The van der Waals surface area contributed by atoms with E-state index in [0.717, 1.165) is 0 Å². The summed E-state index contributed by atoms with van der Waals surface area (Å²) >= 11 is 0. The number of ketones is 1. The molecule has 0 bridgehead atoms. The van der Waals surface area contributed by atoms with Crippen LogP contribution in [0, 0.1) is 6.92 Å². The van der Waals surface area contributed by atoms with Gasteiger partial charge in [-0.3, -0.25) is 4.79 Å². The molecule has 2 aromatic rings. The number of rotatable bonds is 6. The molecule has 1 heterocycles. The van der Waals surface area contributed by atoms with Crippen molar-refractivity contribution in [3.8, 4) is 23.0 Å². The molecule has 1 atom stereocenters. The Morgan fingerprint density at radius 2 is 1.83 bits per heavy atom. The van der Waals surface area contributed by atoms with Gasteiger partial charge in [0, 0.05) is 11.1 Å². The molecule has 7 heteroatoms. The molecule has 2 aromatic carbocycles. The van der Waals surface area contributed by atoms with Gasteiger partial charge in [-0.25, -0.2) is 4.79 Å². The van der Waals surface area contributed by atoms with E-state index in [-0.39, 0.29) is 11.5 Å². The van der Waals surface area contributed by atoms with E-state index in [1.54, 1.807) is 57.4 Å². The van der Waals surface area contributed by atoms with Gasteiger partial charge in [0.05, 0.1) is 26.9 Å². The Morgan fingerprint density at radius 3 is 2.48 bits per heavy atom. The van der Waals surface area contributed by atoms with Crippen molar-refractivity contribution in [1.82, 2.24) is 0 Å². The molecule has 0 spiro atoms. The standard InChI is InChI=1S/C22H22O7/c1-12-16(28-13(2)22(24)27-5)10-9-15-19(23)18(29-20(12)15)11-14-7-6-8-17(25-3)21(14)26-4/h6-11,13H,1-5H3/b18-11-. The number of hydrogen-bond donors (Lipinski definition) is 0. The average molecular weight is 398 g/mol. The third-order valence-corrected chi connectivity index (χ3v) is 4.59. The molecule has 7 nitrogen and oxygen atoms in total. The lowest BCUT2D eigenvalue weighted by Crippen LogP contribution is -2.25. The van der Waals surface area contributed by atoms with Crippen molar-refractivity contribution in [3.05, 3.63) is 52.8 Å². The van der Waals surface area contributed by atoms with E-state index in [1.807, 2.05) is 0 Å². The van der Waals surface area contributed by atoms with E-state index in [9.17, 15) is 9.59 Å². The van der Waals surface area contributed by atoms with E-state index < -0.39 is 12.1 Å². The fourth-order valence-electron chi connectivity index (χ4n) is 3.07. The molecule has 29 heavy (non-hydrogen) atoms. The Labute approximate surface area is 168 Å². The third kappa shape index (κ3) is 3.76. The summed E-state index contributed by atoms with van der Waals surface area (Å²) in [4.78, 5) is 24.4. The first kappa shape index (κ1) is 20.3. The van der Waals surface area contributed by atoms with E-state index in [4.69, 9.17) is 18.9 Å². The molecule has 1 aliphatic rings. The van der Waals surface area contributed by atoms with E-state index >= 15 is 0 Å². The van der Waals surface area contributed by atoms with Crippen LogP contribution < -0.4 is 18.9 Å². The zero-order valence-corrected chi connectivity index (χ0v) is 16.9. The van der Waals surface area contributed by atoms with Gasteiger partial charge in [-0.05, 0) is 38.1 Å². The molecule has 3 rings (SSSR count). The smallest absolute Gasteiger partial charge is 0.346 e. The molecule has 0 radical (unpaired) electrons. The van der Waals surface area contributed by atoms with Crippen LogP contribution in [-0.4, -0.2) is 39.2 Å². The second-order valence-electron chi connectivity index (χ2n) is 6.37. The summed E-state index contributed by atoms with van der Waals surface area (Å²) in [6, 6.07) is 8.62. The maximum atomic E-state index is 12.8. The van der Waals surface area contributed by atoms with Gasteiger partial charge in [-0.1, -0.05) is 12.1 Å². The Morgan fingerprint density at radius 1 is 1.07 bits per heavy atom. The van der Waals surface area contributed by atoms with E-state index in [1.165, 1.54) is 14.2 Å². The minimum absolute atomic E-state index is 0.160. The minimum Gasteiger partial charge on any atom is -0.493 e. The van der Waals surface area contributed by atoms with Gasteiger partial charge in [-0.2, -0.15) is 0 Å². The van der Waals surface area contributed by atoms with E-state index in [2.05, 4.69) is 4.74 Å². The van der Waals surface area contributed by atoms with Crippen LogP contribution in [0.15, 0.2) is 36.1 Å². The quantitative estimate of drug-likeness (QED) is 0.544.